The first kappa shape index (κ1) is 15.7. The Bertz CT molecular complexity index is 259. The lowest BCUT2D eigenvalue weighted by molar-refractivity contribution is -0.143. The Morgan fingerprint density at radius 3 is 2.41 bits per heavy atom. The zero-order chi connectivity index (χ0) is 13.5. The zero-order valence-electron chi connectivity index (χ0n) is 10.8. The van der Waals surface area contributed by atoms with Gasteiger partial charge in [0.15, 0.2) is 0 Å². The monoisotopic (exact) mass is 247 g/mol. The van der Waals surface area contributed by atoms with Crippen LogP contribution in [-0.2, 0) is 14.3 Å². The smallest absolute Gasteiger partial charge is 0.407 e. The molecular formula is C11H21NO5. The van der Waals surface area contributed by atoms with Crippen molar-refractivity contribution in [3.05, 3.63) is 0 Å². The second-order valence-corrected chi connectivity index (χ2v) is 4.74. The number of hydrogen-bond donors (Lipinski definition) is 2. The van der Waals surface area contributed by atoms with Crippen LogP contribution in [0.3, 0.4) is 0 Å². The Labute approximate surface area is 101 Å². The Morgan fingerprint density at radius 1 is 1.35 bits per heavy atom. The summed E-state index contributed by atoms with van der Waals surface area (Å²) in [7, 11) is 0. The molecule has 0 aliphatic heterocycles. The lowest BCUT2D eigenvalue weighted by atomic mass is 10.2. The fourth-order valence-electron chi connectivity index (χ4n) is 0.871. The van der Waals surface area contributed by atoms with Crippen LogP contribution in [0.2, 0.25) is 0 Å². The molecule has 0 heterocycles. The van der Waals surface area contributed by atoms with Gasteiger partial charge < -0.3 is 19.9 Å². The Balaban J connectivity index is 3.52. The summed E-state index contributed by atoms with van der Waals surface area (Å²) in [5, 5.41) is 11.1. The highest BCUT2D eigenvalue weighted by Gasteiger charge is 2.15. The first-order valence-corrected chi connectivity index (χ1v) is 5.50. The van der Waals surface area contributed by atoms with Gasteiger partial charge in [-0.2, -0.15) is 0 Å². The molecule has 100 valence electrons. The zero-order valence-corrected chi connectivity index (χ0v) is 10.8. The van der Waals surface area contributed by atoms with E-state index in [0.717, 1.165) is 0 Å². The third-order valence-electron chi connectivity index (χ3n) is 1.70. The molecule has 0 saturated heterocycles. The minimum absolute atomic E-state index is 0.130. The van der Waals surface area contributed by atoms with Crippen molar-refractivity contribution in [1.82, 2.24) is 5.32 Å². The molecule has 17 heavy (non-hydrogen) atoms. The van der Waals surface area contributed by atoms with Crippen molar-refractivity contribution in [1.29, 1.82) is 0 Å². The van der Waals surface area contributed by atoms with Gasteiger partial charge in [0.1, 0.15) is 5.60 Å². The number of aliphatic carboxylic acids is 1. The van der Waals surface area contributed by atoms with Crippen LogP contribution in [0, 0.1) is 5.92 Å². The molecule has 0 aliphatic rings. The summed E-state index contributed by atoms with van der Waals surface area (Å²) in [5.41, 5.74) is -0.525. The molecule has 6 nitrogen and oxygen atoms in total. The summed E-state index contributed by atoms with van der Waals surface area (Å²) in [4.78, 5) is 21.6. The van der Waals surface area contributed by atoms with Crippen LogP contribution in [0.4, 0.5) is 4.79 Å². The van der Waals surface area contributed by atoms with E-state index in [9.17, 15) is 9.59 Å². The third-order valence-corrected chi connectivity index (χ3v) is 1.70. The lowest BCUT2D eigenvalue weighted by Gasteiger charge is -2.19. The number of amides is 1. The first-order valence-electron chi connectivity index (χ1n) is 5.50. The maximum Gasteiger partial charge on any atom is 0.407 e. The largest absolute Gasteiger partial charge is 0.481 e. The van der Waals surface area contributed by atoms with Crippen molar-refractivity contribution in [2.75, 3.05) is 19.8 Å². The molecule has 2 N–H and O–H groups in total. The standard InChI is InChI=1S/C11H21NO5/c1-8(9(13)14)7-16-6-5-12-10(15)17-11(2,3)4/h8H,5-7H2,1-4H3,(H,12,15)(H,13,14)/t8-/m0/s1. The van der Waals surface area contributed by atoms with Crippen molar-refractivity contribution in [2.45, 2.75) is 33.3 Å². The fraction of sp³-hybridized carbons (Fsp3) is 0.818. The average molecular weight is 247 g/mol. The molecule has 6 heteroatoms. The maximum absolute atomic E-state index is 11.2. The van der Waals surface area contributed by atoms with Crippen molar-refractivity contribution in [3.8, 4) is 0 Å². The Kier molecular flexibility index (Phi) is 6.57. The summed E-state index contributed by atoms with van der Waals surface area (Å²) in [6.07, 6.45) is -0.507. The van der Waals surface area contributed by atoms with Gasteiger partial charge in [-0.15, -0.1) is 0 Å². The normalized spacial score (nSPS) is 12.9. The van der Waals surface area contributed by atoms with E-state index in [-0.39, 0.29) is 13.2 Å². The van der Waals surface area contributed by atoms with E-state index in [4.69, 9.17) is 14.6 Å². The lowest BCUT2D eigenvalue weighted by Crippen LogP contribution is -2.34. The number of carbonyl (C=O) groups is 2. The molecule has 0 bridgehead atoms. The predicted molar refractivity (Wildman–Crippen MR) is 61.9 cm³/mol. The van der Waals surface area contributed by atoms with E-state index in [1.165, 1.54) is 0 Å². The molecular weight excluding hydrogens is 226 g/mol. The van der Waals surface area contributed by atoms with E-state index in [2.05, 4.69) is 5.32 Å². The first-order chi connectivity index (χ1) is 7.72. The topological polar surface area (TPSA) is 84.9 Å². The number of ether oxygens (including phenoxy) is 2. The molecule has 0 aromatic heterocycles. The van der Waals surface area contributed by atoms with Crippen LogP contribution in [0.15, 0.2) is 0 Å². The van der Waals surface area contributed by atoms with Gasteiger partial charge in [-0.1, -0.05) is 0 Å². The van der Waals surface area contributed by atoms with E-state index in [1.807, 2.05) is 0 Å². The van der Waals surface area contributed by atoms with Gasteiger partial charge >= 0.3 is 12.1 Å². The predicted octanol–water partition coefficient (Wildman–Crippen LogP) is 1.25. The third kappa shape index (κ3) is 9.62. The van der Waals surface area contributed by atoms with Crippen LogP contribution in [-0.4, -0.2) is 42.5 Å². The quantitative estimate of drug-likeness (QED) is 0.690. The molecule has 0 aromatic carbocycles. The number of carboxylic acids is 1. The van der Waals surface area contributed by atoms with Crippen LogP contribution in [0.25, 0.3) is 0 Å². The number of alkyl carbamates (subject to hydrolysis) is 1. The minimum atomic E-state index is -0.898. The molecule has 0 radical (unpaired) electrons. The summed E-state index contributed by atoms with van der Waals surface area (Å²) >= 11 is 0. The SMILES string of the molecule is C[C@@H](COCCNC(=O)OC(C)(C)C)C(=O)O. The van der Waals surface area contributed by atoms with Crippen molar-refractivity contribution >= 4 is 12.1 Å². The van der Waals surface area contributed by atoms with E-state index in [0.29, 0.717) is 6.54 Å². The van der Waals surface area contributed by atoms with Gasteiger partial charge in [0, 0.05) is 6.54 Å². The molecule has 1 atom stereocenters. The Hall–Kier alpha value is -1.30. The maximum atomic E-state index is 11.2. The summed E-state index contributed by atoms with van der Waals surface area (Å²) < 4.78 is 10.1. The van der Waals surface area contributed by atoms with Crippen LogP contribution in [0.5, 0.6) is 0 Å². The van der Waals surface area contributed by atoms with Gasteiger partial charge in [0.2, 0.25) is 0 Å². The van der Waals surface area contributed by atoms with E-state index < -0.39 is 23.6 Å². The molecule has 0 saturated carbocycles. The summed E-state index contributed by atoms with van der Waals surface area (Å²) in [6, 6.07) is 0. The molecule has 0 fully saturated rings. The molecule has 0 aromatic rings. The average Bonchev–Trinajstić information content (AvgIpc) is 2.13. The number of hydrogen-bond acceptors (Lipinski definition) is 4. The highest BCUT2D eigenvalue weighted by Crippen LogP contribution is 2.06. The Morgan fingerprint density at radius 2 is 1.94 bits per heavy atom. The van der Waals surface area contributed by atoms with Crippen LogP contribution >= 0.6 is 0 Å². The number of carboxylic acid groups (broad SMARTS) is 1. The summed E-state index contributed by atoms with van der Waals surface area (Å²) in [6.45, 7) is 7.57. The fourth-order valence-corrected chi connectivity index (χ4v) is 0.871. The number of rotatable bonds is 6. The van der Waals surface area contributed by atoms with Gasteiger partial charge in [0.05, 0.1) is 19.1 Å². The van der Waals surface area contributed by atoms with Crippen molar-refractivity contribution in [2.24, 2.45) is 5.92 Å². The second-order valence-electron chi connectivity index (χ2n) is 4.74. The number of nitrogens with one attached hydrogen (secondary N) is 1. The van der Waals surface area contributed by atoms with Crippen molar-refractivity contribution in [3.63, 3.8) is 0 Å². The molecule has 0 unspecified atom stereocenters. The molecule has 0 aliphatic carbocycles. The summed E-state index contributed by atoms with van der Waals surface area (Å²) in [5.74, 6) is -1.44. The van der Waals surface area contributed by atoms with Crippen LogP contribution in [0.1, 0.15) is 27.7 Å². The minimum Gasteiger partial charge on any atom is -0.481 e. The second kappa shape index (κ2) is 7.11. The van der Waals surface area contributed by atoms with E-state index >= 15 is 0 Å². The van der Waals surface area contributed by atoms with Crippen molar-refractivity contribution < 1.29 is 24.2 Å². The molecule has 0 spiro atoms. The highest BCUT2D eigenvalue weighted by atomic mass is 16.6. The molecule has 0 rings (SSSR count). The van der Waals surface area contributed by atoms with Gasteiger partial charge in [-0.3, -0.25) is 4.79 Å². The van der Waals surface area contributed by atoms with Crippen LogP contribution < -0.4 is 5.32 Å². The van der Waals surface area contributed by atoms with E-state index in [1.54, 1.807) is 27.7 Å². The van der Waals surface area contributed by atoms with Gasteiger partial charge in [-0.25, -0.2) is 4.79 Å². The molecule has 1 amide bonds. The van der Waals surface area contributed by atoms with Gasteiger partial charge in [-0.05, 0) is 27.7 Å². The highest BCUT2D eigenvalue weighted by molar-refractivity contribution is 5.69. The number of carbonyl (C=O) groups excluding carboxylic acids is 1. The van der Waals surface area contributed by atoms with Gasteiger partial charge in [0.25, 0.3) is 0 Å².